The molecule has 0 saturated carbocycles. The third kappa shape index (κ3) is 5.18. The van der Waals surface area contributed by atoms with E-state index in [9.17, 15) is 14.3 Å². The molecule has 25 heavy (non-hydrogen) atoms. The van der Waals surface area contributed by atoms with Crippen molar-refractivity contribution in [1.82, 2.24) is 5.43 Å². The van der Waals surface area contributed by atoms with Crippen molar-refractivity contribution in [2.75, 3.05) is 12.4 Å². The van der Waals surface area contributed by atoms with E-state index in [0.717, 1.165) is 0 Å². The van der Waals surface area contributed by atoms with Crippen LogP contribution in [0.3, 0.4) is 0 Å². The number of amides is 1. The number of aromatic hydroxyl groups is 1. The molecule has 2 aromatic carbocycles. The van der Waals surface area contributed by atoms with Crippen molar-refractivity contribution in [3.63, 3.8) is 0 Å². The zero-order valence-electron chi connectivity index (χ0n) is 13.6. The number of hydrogen-bond donors (Lipinski definition) is 3. The van der Waals surface area contributed by atoms with E-state index in [2.05, 4.69) is 31.8 Å². The lowest BCUT2D eigenvalue weighted by molar-refractivity contribution is -0.121. The molecule has 1 atom stereocenters. The van der Waals surface area contributed by atoms with Gasteiger partial charge in [0.25, 0.3) is 5.91 Å². The van der Waals surface area contributed by atoms with Crippen molar-refractivity contribution < 1.29 is 19.0 Å². The van der Waals surface area contributed by atoms with Crippen LogP contribution < -0.4 is 15.5 Å². The number of carbonyl (C=O) groups is 1. The Morgan fingerprint density at radius 1 is 1.36 bits per heavy atom. The SMILES string of the molecule is COc1cc(Br)cc(/C=N/NC(=O)C(C)Nc2ccc(F)cc2)c1O. The fourth-order valence-electron chi connectivity index (χ4n) is 1.97. The average molecular weight is 410 g/mol. The third-order valence-electron chi connectivity index (χ3n) is 3.29. The van der Waals surface area contributed by atoms with Crippen LogP contribution in [0.2, 0.25) is 0 Å². The maximum absolute atomic E-state index is 12.9. The summed E-state index contributed by atoms with van der Waals surface area (Å²) in [4.78, 5) is 12.0. The Morgan fingerprint density at radius 3 is 2.68 bits per heavy atom. The number of phenols is 1. The highest BCUT2D eigenvalue weighted by molar-refractivity contribution is 9.10. The first kappa shape index (κ1) is 18.7. The van der Waals surface area contributed by atoms with Crippen LogP contribution in [-0.4, -0.2) is 30.4 Å². The number of nitrogens with one attached hydrogen (secondary N) is 2. The molecule has 0 saturated heterocycles. The normalized spacial score (nSPS) is 12.0. The van der Waals surface area contributed by atoms with Crippen LogP contribution in [0.1, 0.15) is 12.5 Å². The van der Waals surface area contributed by atoms with Gasteiger partial charge in [-0.1, -0.05) is 15.9 Å². The number of rotatable bonds is 6. The molecule has 1 unspecified atom stereocenters. The quantitative estimate of drug-likeness (QED) is 0.505. The number of nitrogens with zero attached hydrogens (tertiary/aromatic N) is 1. The zero-order chi connectivity index (χ0) is 18.4. The maximum atomic E-state index is 12.9. The lowest BCUT2D eigenvalue weighted by atomic mass is 10.2. The number of benzene rings is 2. The van der Waals surface area contributed by atoms with Gasteiger partial charge in [-0.05, 0) is 43.3 Å². The van der Waals surface area contributed by atoms with Gasteiger partial charge in [-0.3, -0.25) is 4.79 Å². The topological polar surface area (TPSA) is 83.0 Å². The molecule has 0 spiro atoms. The van der Waals surface area contributed by atoms with Crippen LogP contribution in [0.5, 0.6) is 11.5 Å². The van der Waals surface area contributed by atoms with Crippen molar-refractivity contribution in [3.8, 4) is 11.5 Å². The summed E-state index contributed by atoms with van der Waals surface area (Å²) in [6, 6.07) is 8.33. The van der Waals surface area contributed by atoms with E-state index in [1.807, 2.05) is 0 Å². The Morgan fingerprint density at radius 2 is 2.04 bits per heavy atom. The first-order valence-electron chi connectivity index (χ1n) is 7.32. The second-order valence-electron chi connectivity index (χ2n) is 5.15. The van der Waals surface area contributed by atoms with E-state index in [-0.39, 0.29) is 23.2 Å². The number of hydrazone groups is 1. The van der Waals surface area contributed by atoms with E-state index >= 15 is 0 Å². The first-order valence-corrected chi connectivity index (χ1v) is 8.11. The van der Waals surface area contributed by atoms with Gasteiger partial charge in [-0.15, -0.1) is 0 Å². The van der Waals surface area contributed by atoms with Crippen LogP contribution in [0.15, 0.2) is 46.0 Å². The minimum Gasteiger partial charge on any atom is -0.504 e. The average Bonchev–Trinajstić information content (AvgIpc) is 2.59. The Bertz CT molecular complexity index is 781. The van der Waals surface area contributed by atoms with Crippen LogP contribution in [0.25, 0.3) is 0 Å². The van der Waals surface area contributed by atoms with Crippen LogP contribution in [-0.2, 0) is 4.79 Å². The summed E-state index contributed by atoms with van der Waals surface area (Å²) in [7, 11) is 1.44. The molecule has 2 rings (SSSR count). The summed E-state index contributed by atoms with van der Waals surface area (Å²) in [5.74, 6) is -0.534. The number of halogens is 2. The van der Waals surface area contributed by atoms with E-state index in [1.165, 1.54) is 37.6 Å². The van der Waals surface area contributed by atoms with Crippen LogP contribution in [0.4, 0.5) is 10.1 Å². The summed E-state index contributed by atoms with van der Waals surface area (Å²) in [5.41, 5.74) is 3.37. The molecule has 0 aliphatic rings. The fraction of sp³-hybridized carbons (Fsp3) is 0.176. The molecular weight excluding hydrogens is 393 g/mol. The van der Waals surface area contributed by atoms with E-state index in [0.29, 0.717) is 15.7 Å². The summed E-state index contributed by atoms with van der Waals surface area (Å²) in [6.07, 6.45) is 1.31. The summed E-state index contributed by atoms with van der Waals surface area (Å²) in [5, 5.41) is 16.8. The van der Waals surface area contributed by atoms with Crippen molar-refractivity contribution in [3.05, 3.63) is 52.3 Å². The number of phenolic OH excluding ortho intramolecular Hbond substituents is 1. The fourth-order valence-corrected chi connectivity index (χ4v) is 2.43. The second kappa shape index (κ2) is 8.48. The van der Waals surface area contributed by atoms with Crippen molar-refractivity contribution in [2.45, 2.75) is 13.0 Å². The predicted molar refractivity (Wildman–Crippen MR) is 97.6 cm³/mol. The molecule has 8 heteroatoms. The lowest BCUT2D eigenvalue weighted by Crippen LogP contribution is -2.34. The van der Waals surface area contributed by atoms with Gasteiger partial charge < -0.3 is 15.2 Å². The minimum absolute atomic E-state index is 0.0822. The highest BCUT2D eigenvalue weighted by atomic mass is 79.9. The zero-order valence-corrected chi connectivity index (χ0v) is 15.2. The Hall–Kier alpha value is -2.61. The molecule has 0 bridgehead atoms. The maximum Gasteiger partial charge on any atom is 0.262 e. The molecule has 2 aromatic rings. The van der Waals surface area contributed by atoms with Gasteiger partial charge in [0.05, 0.1) is 13.3 Å². The number of carbonyl (C=O) groups excluding carboxylic acids is 1. The molecule has 0 fully saturated rings. The smallest absolute Gasteiger partial charge is 0.262 e. The number of methoxy groups -OCH3 is 1. The molecular formula is C17H17BrFN3O3. The Labute approximate surface area is 152 Å². The number of hydrogen-bond acceptors (Lipinski definition) is 5. The largest absolute Gasteiger partial charge is 0.504 e. The highest BCUT2D eigenvalue weighted by Crippen LogP contribution is 2.32. The van der Waals surface area contributed by atoms with Crippen molar-refractivity contribution >= 4 is 33.7 Å². The number of anilines is 1. The van der Waals surface area contributed by atoms with Crippen LogP contribution >= 0.6 is 15.9 Å². The molecule has 0 radical (unpaired) electrons. The molecule has 3 N–H and O–H groups in total. The summed E-state index contributed by atoms with van der Waals surface area (Å²) < 4.78 is 18.6. The lowest BCUT2D eigenvalue weighted by Gasteiger charge is -2.13. The number of ether oxygens (including phenoxy) is 1. The van der Waals surface area contributed by atoms with Gasteiger partial charge in [-0.25, -0.2) is 9.82 Å². The van der Waals surface area contributed by atoms with E-state index in [1.54, 1.807) is 19.1 Å². The molecule has 0 heterocycles. The molecule has 1 amide bonds. The van der Waals surface area contributed by atoms with Gasteiger partial charge in [0.15, 0.2) is 11.5 Å². The molecule has 0 aromatic heterocycles. The van der Waals surface area contributed by atoms with Gasteiger partial charge >= 0.3 is 0 Å². The van der Waals surface area contributed by atoms with Crippen molar-refractivity contribution in [2.24, 2.45) is 5.10 Å². The van der Waals surface area contributed by atoms with Crippen molar-refractivity contribution in [1.29, 1.82) is 0 Å². The predicted octanol–water partition coefficient (Wildman–Crippen LogP) is 3.25. The molecule has 6 nitrogen and oxygen atoms in total. The summed E-state index contributed by atoms with van der Waals surface area (Å²) >= 11 is 3.30. The van der Waals surface area contributed by atoms with E-state index < -0.39 is 6.04 Å². The molecule has 132 valence electrons. The first-order chi connectivity index (χ1) is 11.9. The van der Waals surface area contributed by atoms with Gasteiger partial charge in [-0.2, -0.15) is 5.10 Å². The molecule has 0 aliphatic heterocycles. The third-order valence-corrected chi connectivity index (χ3v) is 3.75. The Balaban J connectivity index is 1.98. The van der Waals surface area contributed by atoms with Gasteiger partial charge in [0.2, 0.25) is 0 Å². The summed E-state index contributed by atoms with van der Waals surface area (Å²) in [6.45, 7) is 1.65. The van der Waals surface area contributed by atoms with Gasteiger partial charge in [0.1, 0.15) is 11.9 Å². The highest BCUT2D eigenvalue weighted by Gasteiger charge is 2.12. The Kier molecular flexibility index (Phi) is 6.35. The monoisotopic (exact) mass is 409 g/mol. The second-order valence-corrected chi connectivity index (χ2v) is 6.07. The van der Waals surface area contributed by atoms with Gasteiger partial charge in [0, 0.05) is 15.7 Å². The van der Waals surface area contributed by atoms with E-state index in [4.69, 9.17) is 4.74 Å². The van der Waals surface area contributed by atoms with Crippen LogP contribution in [0, 0.1) is 5.82 Å². The standard InChI is InChI=1S/C17H17BrFN3O3/c1-10(21-14-5-3-13(19)4-6-14)17(24)22-20-9-11-7-12(18)8-15(25-2)16(11)23/h3-10,21,23H,1-2H3,(H,22,24)/b20-9+. The molecule has 0 aliphatic carbocycles. The minimum atomic E-state index is -0.590.